The first-order chi connectivity index (χ1) is 13.0. The summed E-state index contributed by atoms with van der Waals surface area (Å²) in [6, 6.07) is 0. The van der Waals surface area contributed by atoms with Gasteiger partial charge in [0.25, 0.3) is 0 Å². The van der Waals surface area contributed by atoms with Crippen LogP contribution in [0, 0.1) is 0 Å². The van der Waals surface area contributed by atoms with Crippen LogP contribution in [0.25, 0.3) is 0 Å². The SMILES string of the molecule is C=CC[N+](CC=C)(CC=C)CC=C.O=S(=O)(OF)C(F)(F)C(F)(F)CC(F)(F)F. The van der Waals surface area contributed by atoms with Gasteiger partial charge in [-0.15, -0.1) is 0 Å². The Hall–Kier alpha value is -1.73. The first-order valence-electron chi connectivity index (χ1n) is 7.67. The monoisotopic (exact) mass is 460 g/mol. The van der Waals surface area contributed by atoms with Crippen LogP contribution in [-0.2, 0) is 14.5 Å². The third kappa shape index (κ3) is 9.09. The van der Waals surface area contributed by atoms with Gasteiger partial charge >= 0.3 is 27.5 Å². The van der Waals surface area contributed by atoms with Crippen LogP contribution in [0.3, 0.4) is 0 Å². The van der Waals surface area contributed by atoms with Gasteiger partial charge in [0.05, 0.1) is 26.2 Å². The van der Waals surface area contributed by atoms with E-state index < -0.39 is 33.9 Å². The van der Waals surface area contributed by atoms with Gasteiger partial charge in [0.2, 0.25) is 0 Å². The second-order valence-electron chi connectivity index (χ2n) is 5.76. The summed E-state index contributed by atoms with van der Waals surface area (Å²) in [5.74, 6) is -6.05. The average molecular weight is 460 g/mol. The summed E-state index contributed by atoms with van der Waals surface area (Å²) in [5.41, 5.74) is 0. The summed E-state index contributed by atoms with van der Waals surface area (Å²) < 4.78 is 117. The predicted molar refractivity (Wildman–Crippen MR) is 92.2 cm³/mol. The van der Waals surface area contributed by atoms with Crippen LogP contribution in [0.5, 0.6) is 0 Å². The summed E-state index contributed by atoms with van der Waals surface area (Å²) in [7, 11) is -6.78. The van der Waals surface area contributed by atoms with Crippen molar-refractivity contribution >= 4 is 10.1 Å². The molecule has 0 spiro atoms. The average Bonchev–Trinajstić information content (AvgIpc) is 2.54. The molecule has 0 bridgehead atoms. The third-order valence-corrected chi connectivity index (χ3v) is 4.40. The van der Waals surface area contributed by atoms with E-state index in [1.807, 2.05) is 24.3 Å². The first kappa shape index (κ1) is 29.5. The zero-order valence-electron chi connectivity index (χ0n) is 15.3. The Labute approximate surface area is 164 Å². The van der Waals surface area contributed by atoms with Gasteiger partial charge in [-0.2, -0.15) is 39.2 Å². The summed E-state index contributed by atoms with van der Waals surface area (Å²) >= 11 is 0. The van der Waals surface area contributed by atoms with Crippen LogP contribution in [0.2, 0.25) is 0 Å². The van der Waals surface area contributed by atoms with Crippen LogP contribution >= 0.6 is 0 Å². The topological polar surface area (TPSA) is 43.4 Å². The van der Waals surface area contributed by atoms with E-state index in [9.17, 15) is 43.7 Å². The lowest BCUT2D eigenvalue weighted by molar-refractivity contribution is -0.906. The minimum Gasteiger partial charge on any atom is -0.311 e. The smallest absolute Gasteiger partial charge is 0.311 e. The van der Waals surface area contributed by atoms with E-state index in [-0.39, 0.29) is 0 Å². The number of nitrogens with zero attached hydrogens (tertiary/aromatic N) is 1. The molecular formula is C16H22F8NO3S+. The molecule has 0 amide bonds. The van der Waals surface area contributed by atoms with Crippen LogP contribution in [0.15, 0.2) is 50.6 Å². The van der Waals surface area contributed by atoms with Gasteiger partial charge in [-0.1, -0.05) is 30.7 Å². The first-order valence-corrected chi connectivity index (χ1v) is 9.08. The highest BCUT2D eigenvalue weighted by Gasteiger charge is 2.70. The fourth-order valence-corrected chi connectivity index (χ4v) is 2.64. The van der Waals surface area contributed by atoms with Crippen LogP contribution in [0.1, 0.15) is 6.42 Å². The van der Waals surface area contributed by atoms with Crippen molar-refractivity contribution in [2.75, 3.05) is 26.2 Å². The van der Waals surface area contributed by atoms with E-state index in [0.717, 1.165) is 30.7 Å². The maximum atomic E-state index is 12.3. The Morgan fingerprint density at radius 2 is 1.07 bits per heavy atom. The molecule has 0 rings (SSSR count). The Bertz CT molecular complexity index is 614. The second-order valence-corrected chi connectivity index (χ2v) is 7.30. The largest absolute Gasteiger partial charge is 0.434 e. The molecule has 0 aromatic rings. The standard InChI is InChI=1S/C12H20N.C4H2F8O3S/c1-5-9-13(10-6-2,11-7-3)12-8-4;5-2(6,1-3(7,8)9)4(10,11)16(13,14)15-12/h5-8H,1-4,9-12H2;1H2/q+1;. The van der Waals surface area contributed by atoms with Crippen molar-refractivity contribution < 1.29 is 52.5 Å². The fraction of sp³-hybridized carbons (Fsp3) is 0.500. The van der Waals surface area contributed by atoms with E-state index in [0.29, 0.717) is 0 Å². The zero-order valence-corrected chi connectivity index (χ0v) is 16.1. The van der Waals surface area contributed by atoms with Crippen molar-refractivity contribution in [1.29, 1.82) is 0 Å². The third-order valence-electron chi connectivity index (χ3n) is 3.31. The molecule has 0 fully saturated rings. The van der Waals surface area contributed by atoms with Crippen LogP contribution < -0.4 is 0 Å². The molecule has 13 heteroatoms. The highest BCUT2D eigenvalue weighted by atomic mass is 32.2. The van der Waals surface area contributed by atoms with Gasteiger partial charge in [0, 0.05) is 0 Å². The molecule has 29 heavy (non-hydrogen) atoms. The molecule has 0 N–H and O–H groups in total. The van der Waals surface area contributed by atoms with Crippen LogP contribution in [-0.4, -0.2) is 56.4 Å². The molecule has 0 aromatic carbocycles. The summed E-state index contributed by atoms with van der Waals surface area (Å²) in [6.45, 7) is 18.8. The molecule has 0 saturated heterocycles. The molecule has 0 radical (unpaired) electrons. The Morgan fingerprint density at radius 1 is 0.759 bits per heavy atom. The second kappa shape index (κ2) is 11.5. The lowest BCUT2D eigenvalue weighted by Gasteiger charge is -2.35. The summed E-state index contributed by atoms with van der Waals surface area (Å²) in [5, 5.41) is -6.33. The zero-order chi connectivity index (χ0) is 23.6. The highest BCUT2D eigenvalue weighted by Crippen LogP contribution is 2.45. The van der Waals surface area contributed by atoms with Gasteiger partial charge in [0.15, 0.2) is 0 Å². The number of hydrogen-bond acceptors (Lipinski definition) is 3. The van der Waals surface area contributed by atoms with Crippen molar-refractivity contribution in [2.24, 2.45) is 0 Å². The maximum absolute atomic E-state index is 12.3. The molecular weight excluding hydrogens is 438 g/mol. The molecule has 0 aliphatic heterocycles. The number of halogens is 8. The fourth-order valence-electron chi connectivity index (χ4n) is 2.12. The Kier molecular flexibility index (Phi) is 11.6. The van der Waals surface area contributed by atoms with Crippen molar-refractivity contribution in [2.45, 2.75) is 23.8 Å². The highest BCUT2D eigenvalue weighted by molar-refractivity contribution is 7.87. The van der Waals surface area contributed by atoms with Gasteiger partial charge in [-0.3, -0.25) is 0 Å². The molecule has 0 saturated carbocycles. The van der Waals surface area contributed by atoms with E-state index in [2.05, 4.69) is 26.3 Å². The van der Waals surface area contributed by atoms with Crippen molar-refractivity contribution in [1.82, 2.24) is 0 Å². The normalized spacial score (nSPS) is 13.1. The molecule has 0 aliphatic carbocycles. The van der Waals surface area contributed by atoms with Crippen molar-refractivity contribution in [3.8, 4) is 0 Å². The number of alkyl halides is 7. The molecule has 0 unspecified atom stereocenters. The molecule has 170 valence electrons. The molecule has 4 nitrogen and oxygen atoms in total. The van der Waals surface area contributed by atoms with Gasteiger partial charge in [0.1, 0.15) is 6.42 Å². The summed E-state index contributed by atoms with van der Waals surface area (Å²) in [4.78, 5) is 0. The maximum Gasteiger partial charge on any atom is 0.434 e. The molecule has 0 aromatic heterocycles. The van der Waals surface area contributed by atoms with E-state index in [1.54, 1.807) is 4.39 Å². The summed E-state index contributed by atoms with van der Waals surface area (Å²) in [6.07, 6.45) is -1.44. The molecule has 0 heterocycles. The molecule has 0 atom stereocenters. The number of quaternary nitrogens is 1. The van der Waals surface area contributed by atoms with Crippen molar-refractivity contribution in [3.05, 3.63) is 50.6 Å². The van der Waals surface area contributed by atoms with Gasteiger partial charge in [-0.25, -0.2) is 0 Å². The minimum absolute atomic E-state index is 0.903. The Balaban J connectivity index is 0. The van der Waals surface area contributed by atoms with Gasteiger partial charge < -0.3 is 4.48 Å². The predicted octanol–water partition coefficient (Wildman–Crippen LogP) is 4.95. The molecule has 0 aliphatic rings. The number of hydrogen-bond donors (Lipinski definition) is 0. The quantitative estimate of drug-likeness (QED) is 0.235. The van der Waals surface area contributed by atoms with E-state index in [4.69, 9.17) is 0 Å². The van der Waals surface area contributed by atoms with Crippen molar-refractivity contribution in [3.63, 3.8) is 0 Å². The van der Waals surface area contributed by atoms with E-state index >= 15 is 0 Å². The number of rotatable bonds is 12. The lowest BCUT2D eigenvalue weighted by Crippen LogP contribution is -2.49. The van der Waals surface area contributed by atoms with E-state index in [1.165, 1.54) is 0 Å². The lowest BCUT2D eigenvalue weighted by atomic mass is 10.2. The van der Waals surface area contributed by atoms with Crippen LogP contribution in [0.4, 0.5) is 35.3 Å². The van der Waals surface area contributed by atoms with Gasteiger partial charge in [-0.05, 0) is 28.8 Å². The minimum atomic E-state index is -6.78. The Morgan fingerprint density at radius 3 is 1.28 bits per heavy atom.